The lowest BCUT2D eigenvalue weighted by atomic mass is 9.64. The number of nitrogens with one attached hydrogen (secondary N) is 1. The number of nitrogens with two attached hydrogens (primary N) is 1. The number of benzene rings is 1. The average molecular weight is 505 g/mol. The predicted molar refractivity (Wildman–Crippen MR) is 122 cm³/mol. The molecule has 0 bridgehead atoms. The molecule has 1 amide bonds. The van der Waals surface area contributed by atoms with Crippen LogP contribution < -0.4 is 11.1 Å². The lowest BCUT2D eigenvalue weighted by molar-refractivity contribution is -0.119. The molecule has 3 rings (SSSR count). The Bertz CT molecular complexity index is 660. The summed E-state index contributed by atoms with van der Waals surface area (Å²) >= 11 is 6.05. The third-order valence-electron chi connectivity index (χ3n) is 5.87. The Kier molecular flexibility index (Phi) is 8.21. The number of nitrogens with zero attached hydrogens (tertiary/aromatic N) is 2. The Labute approximate surface area is 184 Å². The zero-order chi connectivity index (χ0) is 18.6. The minimum Gasteiger partial charge on any atom is -0.370 e. The molecule has 0 radical (unpaired) electrons. The Hall–Kier alpha value is -1.02. The van der Waals surface area contributed by atoms with Crippen LogP contribution in [0, 0.1) is 5.92 Å². The summed E-state index contributed by atoms with van der Waals surface area (Å²) in [6.07, 6.45) is 6.22. The molecule has 1 unspecified atom stereocenters. The molecule has 1 aromatic rings. The third kappa shape index (κ3) is 5.50. The van der Waals surface area contributed by atoms with Crippen LogP contribution in [0.3, 0.4) is 0 Å². The summed E-state index contributed by atoms with van der Waals surface area (Å²) in [5.41, 5.74) is 6.90. The van der Waals surface area contributed by atoms with E-state index in [9.17, 15) is 4.79 Å². The first-order chi connectivity index (χ1) is 12.5. The monoisotopic (exact) mass is 504 g/mol. The van der Waals surface area contributed by atoms with Gasteiger partial charge in [0.05, 0.1) is 0 Å². The summed E-state index contributed by atoms with van der Waals surface area (Å²) in [5, 5.41) is 4.37. The largest absolute Gasteiger partial charge is 0.370 e. The molecule has 1 aliphatic heterocycles. The highest BCUT2D eigenvalue weighted by molar-refractivity contribution is 14.0. The molecule has 0 aromatic heterocycles. The van der Waals surface area contributed by atoms with Crippen molar-refractivity contribution in [3.63, 3.8) is 0 Å². The first-order valence-electron chi connectivity index (χ1n) is 9.52. The third-order valence-corrected chi connectivity index (χ3v) is 6.12. The first-order valence-corrected chi connectivity index (χ1v) is 9.90. The average Bonchev–Trinajstić information content (AvgIpc) is 2.58. The number of hydrogen-bond donors (Lipinski definition) is 2. The second kappa shape index (κ2) is 9.96. The van der Waals surface area contributed by atoms with Crippen LogP contribution >= 0.6 is 35.6 Å². The van der Waals surface area contributed by atoms with E-state index >= 15 is 0 Å². The quantitative estimate of drug-likeness (QED) is 0.366. The van der Waals surface area contributed by atoms with Gasteiger partial charge >= 0.3 is 0 Å². The summed E-state index contributed by atoms with van der Waals surface area (Å²) < 4.78 is 0. The van der Waals surface area contributed by atoms with Gasteiger partial charge in [-0.15, -0.1) is 24.0 Å². The normalized spacial score (nSPS) is 21.8. The van der Waals surface area contributed by atoms with Gasteiger partial charge in [-0.1, -0.05) is 30.2 Å². The van der Waals surface area contributed by atoms with Crippen LogP contribution in [0.15, 0.2) is 29.3 Å². The second-order valence-corrected chi connectivity index (χ2v) is 8.10. The molecule has 7 heteroatoms. The van der Waals surface area contributed by atoms with Crippen LogP contribution in [0.25, 0.3) is 0 Å². The van der Waals surface area contributed by atoms with E-state index in [0.29, 0.717) is 12.3 Å². The lowest BCUT2D eigenvalue weighted by Gasteiger charge is -2.44. The minimum atomic E-state index is -0.212. The van der Waals surface area contributed by atoms with Gasteiger partial charge < -0.3 is 16.0 Å². The number of carbonyl (C=O) groups excluding carboxylic acids is 1. The van der Waals surface area contributed by atoms with Gasteiger partial charge in [-0.2, -0.15) is 0 Å². The van der Waals surface area contributed by atoms with Crippen LogP contribution in [0.5, 0.6) is 0 Å². The summed E-state index contributed by atoms with van der Waals surface area (Å²) in [4.78, 5) is 18.0. The smallest absolute Gasteiger partial charge is 0.217 e. The summed E-state index contributed by atoms with van der Waals surface area (Å²) in [6.45, 7) is 2.69. The number of hydrogen-bond acceptors (Lipinski definition) is 2. The highest BCUT2D eigenvalue weighted by Gasteiger charge is 2.39. The van der Waals surface area contributed by atoms with Crippen molar-refractivity contribution >= 4 is 47.4 Å². The number of halogens is 2. The molecule has 5 nitrogen and oxygen atoms in total. The van der Waals surface area contributed by atoms with Crippen molar-refractivity contribution in [3.05, 3.63) is 34.9 Å². The molecule has 1 aliphatic carbocycles. The summed E-state index contributed by atoms with van der Waals surface area (Å²) in [6, 6.07) is 8.25. The maximum absolute atomic E-state index is 11.2. The van der Waals surface area contributed by atoms with Gasteiger partial charge in [0.15, 0.2) is 5.96 Å². The van der Waals surface area contributed by atoms with Crippen LogP contribution in [0.2, 0.25) is 5.02 Å². The summed E-state index contributed by atoms with van der Waals surface area (Å²) in [5.74, 6) is 1.05. The molecule has 1 saturated carbocycles. The molecular weight excluding hydrogens is 475 g/mol. The Morgan fingerprint density at radius 3 is 2.59 bits per heavy atom. The van der Waals surface area contributed by atoms with Crippen LogP contribution in [0.4, 0.5) is 0 Å². The first kappa shape index (κ1) is 22.3. The van der Waals surface area contributed by atoms with E-state index in [1.165, 1.54) is 24.8 Å². The number of carbonyl (C=O) groups is 1. The zero-order valence-corrected chi connectivity index (χ0v) is 19.0. The number of piperidine rings is 1. The highest BCUT2D eigenvalue weighted by Crippen LogP contribution is 2.43. The number of guanidine groups is 1. The number of aliphatic imine (C=N–C) groups is 1. The molecule has 27 heavy (non-hydrogen) atoms. The van der Waals surface area contributed by atoms with Gasteiger partial charge in [0.2, 0.25) is 5.91 Å². The van der Waals surface area contributed by atoms with Gasteiger partial charge in [0.25, 0.3) is 0 Å². The molecule has 1 aromatic carbocycles. The fraction of sp³-hybridized carbons (Fsp3) is 0.600. The zero-order valence-electron chi connectivity index (χ0n) is 15.9. The fourth-order valence-electron chi connectivity index (χ4n) is 4.26. The van der Waals surface area contributed by atoms with Crippen LogP contribution in [-0.4, -0.2) is 43.4 Å². The SMILES string of the molecule is CN=C(NCC1(c2ccc(Cl)cc2)CCC1)N1CCCC(CC(N)=O)C1.I. The Morgan fingerprint density at radius 1 is 1.33 bits per heavy atom. The molecule has 3 N–H and O–H groups in total. The van der Waals surface area contributed by atoms with Crippen molar-refractivity contribution in [1.29, 1.82) is 0 Å². The molecular formula is C20H30ClIN4O. The van der Waals surface area contributed by atoms with E-state index < -0.39 is 0 Å². The fourth-order valence-corrected chi connectivity index (χ4v) is 4.39. The summed E-state index contributed by atoms with van der Waals surface area (Å²) in [7, 11) is 1.83. The van der Waals surface area contributed by atoms with Crippen LogP contribution in [0.1, 0.15) is 44.1 Å². The van der Waals surface area contributed by atoms with E-state index in [-0.39, 0.29) is 35.3 Å². The molecule has 1 saturated heterocycles. The highest BCUT2D eigenvalue weighted by atomic mass is 127. The standard InChI is InChI=1S/C20H29ClN4O.HI/c1-23-19(25-11-2-4-15(13-25)12-18(22)26)24-14-20(9-3-10-20)16-5-7-17(21)8-6-16;/h5-8,15H,2-4,9-14H2,1H3,(H2,22,26)(H,23,24);1H. The van der Waals surface area contributed by atoms with E-state index in [0.717, 1.165) is 43.5 Å². The maximum Gasteiger partial charge on any atom is 0.217 e. The lowest BCUT2D eigenvalue weighted by Crippen LogP contribution is -2.52. The van der Waals surface area contributed by atoms with Gasteiger partial charge in [-0.05, 0) is 49.3 Å². The Balaban J connectivity index is 0.00000261. The van der Waals surface area contributed by atoms with Crippen molar-refractivity contribution < 1.29 is 4.79 Å². The molecule has 0 spiro atoms. The van der Waals surface area contributed by atoms with Gasteiger partial charge in [0.1, 0.15) is 0 Å². The molecule has 2 aliphatic rings. The van der Waals surface area contributed by atoms with Crippen LogP contribution in [-0.2, 0) is 10.2 Å². The number of amides is 1. The maximum atomic E-state index is 11.2. The van der Waals surface area contributed by atoms with Crippen molar-refractivity contribution in [2.45, 2.75) is 43.9 Å². The van der Waals surface area contributed by atoms with E-state index in [4.69, 9.17) is 17.3 Å². The van der Waals surface area contributed by atoms with Crippen molar-refractivity contribution in [2.24, 2.45) is 16.6 Å². The number of rotatable bonds is 5. The topological polar surface area (TPSA) is 70.7 Å². The molecule has 150 valence electrons. The molecule has 2 fully saturated rings. The van der Waals surface area contributed by atoms with Gasteiger partial charge in [-0.25, -0.2) is 0 Å². The Morgan fingerprint density at radius 2 is 2.04 bits per heavy atom. The van der Waals surface area contributed by atoms with Gasteiger partial charge in [0, 0.05) is 43.5 Å². The number of likely N-dealkylation sites (tertiary alicyclic amines) is 1. The molecule has 1 atom stereocenters. The second-order valence-electron chi connectivity index (χ2n) is 7.67. The van der Waals surface area contributed by atoms with Crippen molar-refractivity contribution in [2.75, 3.05) is 26.7 Å². The van der Waals surface area contributed by atoms with E-state index in [2.05, 4.69) is 27.3 Å². The van der Waals surface area contributed by atoms with Crippen molar-refractivity contribution in [3.8, 4) is 0 Å². The number of primary amides is 1. The van der Waals surface area contributed by atoms with E-state index in [1.807, 2.05) is 19.2 Å². The van der Waals surface area contributed by atoms with E-state index in [1.54, 1.807) is 0 Å². The van der Waals surface area contributed by atoms with Gasteiger partial charge in [-0.3, -0.25) is 9.79 Å². The minimum absolute atomic E-state index is 0. The molecule has 1 heterocycles. The predicted octanol–water partition coefficient (Wildman–Crippen LogP) is 3.54. The van der Waals surface area contributed by atoms with Crippen molar-refractivity contribution in [1.82, 2.24) is 10.2 Å².